The molecule has 2 aromatic rings. The van der Waals surface area contributed by atoms with Crippen molar-refractivity contribution < 1.29 is 10.2 Å². The van der Waals surface area contributed by atoms with Crippen molar-refractivity contribution in [2.24, 2.45) is 0 Å². The first-order valence-corrected chi connectivity index (χ1v) is 8.71. The average molecular weight is 327 g/mol. The summed E-state index contributed by atoms with van der Waals surface area (Å²) in [5.74, 6) is 2.04. The number of hydrogen-bond acceptors (Lipinski definition) is 6. The lowest BCUT2D eigenvalue weighted by molar-refractivity contribution is 0.177. The van der Waals surface area contributed by atoms with E-state index in [1.54, 1.807) is 6.07 Å². The van der Waals surface area contributed by atoms with Crippen molar-refractivity contribution in [2.45, 2.75) is 12.5 Å². The summed E-state index contributed by atoms with van der Waals surface area (Å²) in [6.07, 6.45) is 0.211. The van der Waals surface area contributed by atoms with Gasteiger partial charge in [0.25, 0.3) is 0 Å². The Kier molecular flexibility index (Phi) is 6.10. The third-order valence-electron chi connectivity index (χ3n) is 3.00. The summed E-state index contributed by atoms with van der Waals surface area (Å²) < 4.78 is 0.612. The molecule has 2 rings (SSSR count). The van der Waals surface area contributed by atoms with Crippen molar-refractivity contribution in [3.63, 3.8) is 0 Å². The van der Waals surface area contributed by atoms with E-state index in [9.17, 15) is 15.0 Å². The molecule has 1 aromatic carbocycles. The molecule has 0 saturated heterocycles. The lowest BCUT2D eigenvalue weighted by atomic mass is 10.1. The van der Waals surface area contributed by atoms with Crippen molar-refractivity contribution in [3.8, 4) is 5.75 Å². The van der Waals surface area contributed by atoms with Crippen molar-refractivity contribution >= 4 is 33.3 Å². The van der Waals surface area contributed by atoms with Crippen LogP contribution < -0.4 is 10.2 Å². The zero-order chi connectivity index (χ0) is 15.2. The molecule has 0 aliphatic carbocycles. The monoisotopic (exact) mass is 327 g/mol. The smallest absolute Gasteiger partial charge is 0.305 e. The summed E-state index contributed by atoms with van der Waals surface area (Å²) in [6.45, 7) is 5.01. The molecule has 1 radical (unpaired) electrons. The van der Waals surface area contributed by atoms with Crippen LogP contribution in [0.1, 0.15) is 18.1 Å². The van der Waals surface area contributed by atoms with E-state index in [4.69, 9.17) is 0 Å². The molecule has 0 fully saturated rings. The number of aliphatic hydroxyl groups excluding tert-OH is 1. The van der Waals surface area contributed by atoms with Gasteiger partial charge in [0.2, 0.25) is 0 Å². The Labute approximate surface area is 131 Å². The van der Waals surface area contributed by atoms with Crippen LogP contribution >= 0.6 is 23.1 Å². The third-order valence-corrected chi connectivity index (χ3v) is 5.00. The lowest BCUT2D eigenvalue weighted by Crippen LogP contribution is -2.23. The van der Waals surface area contributed by atoms with Crippen LogP contribution in [0.3, 0.4) is 0 Å². The minimum absolute atomic E-state index is 0.0248. The molecule has 7 heteroatoms. The van der Waals surface area contributed by atoms with Crippen LogP contribution in [0, 0.1) is 6.92 Å². The van der Waals surface area contributed by atoms with E-state index in [-0.39, 0.29) is 10.6 Å². The van der Waals surface area contributed by atoms with Crippen molar-refractivity contribution in [3.05, 3.63) is 34.3 Å². The maximum absolute atomic E-state index is 11.4. The van der Waals surface area contributed by atoms with Gasteiger partial charge in [-0.1, -0.05) is 24.3 Å². The number of aromatic hydroxyl groups is 1. The van der Waals surface area contributed by atoms with Gasteiger partial charge in [0.1, 0.15) is 11.3 Å². The number of phenolic OH excluding ortho intramolecular Hbond substituents is 1. The van der Waals surface area contributed by atoms with E-state index < -0.39 is 6.10 Å². The van der Waals surface area contributed by atoms with Gasteiger partial charge in [-0.2, -0.15) is 11.8 Å². The molecule has 0 bridgehead atoms. The highest BCUT2D eigenvalue weighted by atomic mass is 32.2. The highest BCUT2D eigenvalue weighted by molar-refractivity contribution is 7.99. The summed E-state index contributed by atoms with van der Waals surface area (Å²) >= 11 is 2.83. The molecular formula is C14H19N2O3S2. The van der Waals surface area contributed by atoms with Crippen LogP contribution in [0.15, 0.2) is 16.9 Å². The SMILES string of the molecule is [CH2]CCSCCNC[C@H](O)c1ccc(O)c2[nH]c(=O)sc12. The number of nitrogens with one attached hydrogen (secondary N) is 2. The summed E-state index contributed by atoms with van der Waals surface area (Å²) in [4.78, 5) is 13.8. The quantitative estimate of drug-likeness (QED) is 0.556. The van der Waals surface area contributed by atoms with Gasteiger partial charge in [-0.25, -0.2) is 0 Å². The molecule has 0 aliphatic heterocycles. The highest BCUT2D eigenvalue weighted by Crippen LogP contribution is 2.31. The second-order valence-electron chi connectivity index (χ2n) is 4.58. The zero-order valence-electron chi connectivity index (χ0n) is 11.6. The molecule has 4 N–H and O–H groups in total. The fourth-order valence-electron chi connectivity index (χ4n) is 2.00. The van der Waals surface area contributed by atoms with Gasteiger partial charge in [0.15, 0.2) is 0 Å². The Morgan fingerprint density at radius 2 is 2.24 bits per heavy atom. The summed E-state index contributed by atoms with van der Waals surface area (Å²) in [7, 11) is 0. The number of phenols is 1. The van der Waals surface area contributed by atoms with Crippen LogP contribution in [0.5, 0.6) is 5.75 Å². The average Bonchev–Trinajstić information content (AvgIpc) is 2.85. The molecule has 1 atom stereocenters. The van der Waals surface area contributed by atoms with Crippen LogP contribution in [-0.4, -0.2) is 39.8 Å². The second kappa shape index (κ2) is 7.84. The van der Waals surface area contributed by atoms with Crippen LogP contribution in [0.4, 0.5) is 0 Å². The normalized spacial score (nSPS) is 12.9. The van der Waals surface area contributed by atoms with Gasteiger partial charge in [0.05, 0.1) is 10.8 Å². The molecule has 0 unspecified atom stereocenters. The first-order valence-electron chi connectivity index (χ1n) is 6.74. The number of thiazole rings is 1. The van der Waals surface area contributed by atoms with Gasteiger partial charge < -0.3 is 20.5 Å². The van der Waals surface area contributed by atoms with Gasteiger partial charge in [0, 0.05) is 24.4 Å². The van der Waals surface area contributed by atoms with E-state index in [1.165, 1.54) is 6.07 Å². The molecular weight excluding hydrogens is 308 g/mol. The zero-order valence-corrected chi connectivity index (χ0v) is 13.2. The van der Waals surface area contributed by atoms with Gasteiger partial charge in [-0.05, 0) is 18.2 Å². The Morgan fingerprint density at radius 1 is 1.43 bits per heavy atom. The molecule has 0 aliphatic rings. The predicted octanol–water partition coefficient (Wildman–Crippen LogP) is 1.88. The number of rotatable bonds is 8. The van der Waals surface area contributed by atoms with Crippen LogP contribution in [0.25, 0.3) is 10.2 Å². The third kappa shape index (κ3) is 4.23. The Bertz CT molecular complexity index is 639. The second-order valence-corrected chi connectivity index (χ2v) is 6.79. The molecule has 115 valence electrons. The molecule has 0 amide bonds. The fourth-order valence-corrected chi connectivity index (χ4v) is 3.61. The number of benzene rings is 1. The number of hydrogen-bond donors (Lipinski definition) is 4. The van der Waals surface area contributed by atoms with E-state index >= 15 is 0 Å². The summed E-state index contributed by atoms with van der Waals surface area (Å²) in [5, 5.41) is 23.2. The summed E-state index contributed by atoms with van der Waals surface area (Å²) in [6, 6.07) is 3.15. The highest BCUT2D eigenvalue weighted by Gasteiger charge is 2.15. The Balaban J connectivity index is 1.98. The fraction of sp³-hybridized carbons (Fsp3) is 0.429. The Hall–Kier alpha value is -1.02. The van der Waals surface area contributed by atoms with E-state index in [2.05, 4.69) is 17.2 Å². The molecule has 1 aromatic heterocycles. The topological polar surface area (TPSA) is 85.3 Å². The number of aliphatic hydroxyl groups is 1. The number of H-pyrrole nitrogens is 1. The maximum atomic E-state index is 11.4. The first-order chi connectivity index (χ1) is 10.1. The van der Waals surface area contributed by atoms with E-state index in [1.807, 2.05) is 11.8 Å². The van der Waals surface area contributed by atoms with E-state index in [0.29, 0.717) is 22.3 Å². The minimum Gasteiger partial charge on any atom is -0.506 e. The predicted molar refractivity (Wildman–Crippen MR) is 89.2 cm³/mol. The van der Waals surface area contributed by atoms with Crippen molar-refractivity contribution in [1.82, 2.24) is 10.3 Å². The number of aromatic nitrogens is 1. The van der Waals surface area contributed by atoms with Gasteiger partial charge in [-0.3, -0.25) is 4.79 Å². The van der Waals surface area contributed by atoms with Crippen LogP contribution in [-0.2, 0) is 0 Å². The molecule has 0 spiro atoms. The summed E-state index contributed by atoms with van der Waals surface area (Å²) in [5.41, 5.74) is 1.05. The molecule has 0 saturated carbocycles. The first kappa shape index (κ1) is 16.4. The number of fused-ring (bicyclic) bond motifs is 1. The number of thioether (sulfide) groups is 1. The van der Waals surface area contributed by atoms with Gasteiger partial charge in [-0.15, -0.1) is 0 Å². The minimum atomic E-state index is -0.711. The lowest BCUT2D eigenvalue weighted by Gasteiger charge is -2.13. The number of aromatic amines is 1. The Morgan fingerprint density at radius 3 is 3.00 bits per heavy atom. The van der Waals surface area contributed by atoms with Crippen LogP contribution in [0.2, 0.25) is 0 Å². The standard InChI is InChI=1S/C14H19N2O3S2/c1-2-6-20-7-5-15-8-11(18)9-3-4-10(17)12-13(9)21-14(19)16-12/h3-4,11,15,17-18H,1-2,5-8H2,(H,16,19)/t11-/m0/s1. The van der Waals surface area contributed by atoms with Crippen molar-refractivity contribution in [2.75, 3.05) is 24.6 Å². The van der Waals surface area contributed by atoms with Gasteiger partial charge >= 0.3 is 4.87 Å². The largest absolute Gasteiger partial charge is 0.506 e. The van der Waals surface area contributed by atoms with Crippen molar-refractivity contribution in [1.29, 1.82) is 0 Å². The van der Waals surface area contributed by atoms with E-state index in [0.717, 1.165) is 35.8 Å². The molecule has 1 heterocycles. The molecule has 5 nitrogen and oxygen atoms in total. The molecule has 21 heavy (non-hydrogen) atoms. The maximum Gasteiger partial charge on any atom is 0.305 e.